The zero-order valence-corrected chi connectivity index (χ0v) is 22.7. The number of esters is 1. The summed E-state index contributed by atoms with van der Waals surface area (Å²) in [6, 6.07) is 7.45. The van der Waals surface area contributed by atoms with Gasteiger partial charge in [-0.25, -0.2) is 14.6 Å². The van der Waals surface area contributed by atoms with Gasteiger partial charge < -0.3 is 19.7 Å². The Labute approximate surface area is 213 Å². The number of piperidine rings is 1. The van der Waals surface area contributed by atoms with E-state index in [1.54, 1.807) is 13.8 Å². The predicted octanol–water partition coefficient (Wildman–Crippen LogP) is 5.59. The van der Waals surface area contributed by atoms with Crippen molar-refractivity contribution in [1.29, 1.82) is 0 Å². The van der Waals surface area contributed by atoms with Gasteiger partial charge in [0.2, 0.25) is 5.95 Å². The largest absolute Gasteiger partial charge is 0.461 e. The van der Waals surface area contributed by atoms with Crippen LogP contribution in [0.5, 0.6) is 0 Å². The summed E-state index contributed by atoms with van der Waals surface area (Å²) in [7, 11) is 0. The lowest BCUT2D eigenvalue weighted by Crippen LogP contribution is -2.49. The van der Waals surface area contributed by atoms with E-state index >= 15 is 0 Å². The molecule has 1 atom stereocenters. The van der Waals surface area contributed by atoms with Crippen molar-refractivity contribution in [3.63, 3.8) is 0 Å². The number of halogens is 1. The number of anilines is 1. The second kappa shape index (κ2) is 12.8. The van der Waals surface area contributed by atoms with Crippen LogP contribution in [0.15, 0.2) is 24.3 Å². The van der Waals surface area contributed by atoms with Crippen molar-refractivity contribution in [3.05, 3.63) is 46.2 Å². The highest BCUT2D eigenvalue weighted by molar-refractivity contribution is 6.31. The number of amides is 1. The lowest BCUT2D eigenvalue weighted by Gasteiger charge is -2.34. The minimum atomic E-state index is -0.560. The zero-order chi connectivity index (χ0) is 26.2. The van der Waals surface area contributed by atoms with Crippen LogP contribution in [0.3, 0.4) is 0 Å². The van der Waals surface area contributed by atoms with E-state index in [4.69, 9.17) is 26.1 Å². The molecule has 1 aromatic carbocycles. The van der Waals surface area contributed by atoms with Gasteiger partial charge in [0.25, 0.3) is 0 Å². The topological polar surface area (TPSA) is 85.7 Å². The molecule has 1 saturated heterocycles. The highest BCUT2D eigenvalue weighted by atomic mass is 35.5. The lowest BCUT2D eigenvalue weighted by atomic mass is 10.1. The third-order valence-corrected chi connectivity index (χ3v) is 5.67. The number of hydrogen-bond donors (Lipinski definition) is 1. The molecule has 8 nitrogen and oxygen atoms in total. The van der Waals surface area contributed by atoms with Crippen molar-refractivity contribution in [2.75, 3.05) is 24.6 Å². The van der Waals surface area contributed by atoms with E-state index in [0.29, 0.717) is 35.4 Å². The summed E-state index contributed by atoms with van der Waals surface area (Å²) >= 11 is 6.42. The molecule has 1 aliphatic rings. The molecular weight excluding hydrogens is 468 g/mol. The molecule has 194 valence electrons. The Bertz CT molecular complexity index is 1000. The smallest absolute Gasteiger partial charge is 0.407 e. The molecule has 1 aromatic heterocycles. The van der Waals surface area contributed by atoms with E-state index in [1.165, 1.54) is 0 Å². The van der Waals surface area contributed by atoms with Gasteiger partial charge in [0.05, 0.1) is 18.8 Å². The number of nitrogens with one attached hydrogen (secondary N) is 1. The van der Waals surface area contributed by atoms with Crippen LogP contribution >= 0.6 is 11.6 Å². The third kappa shape index (κ3) is 7.88. The fourth-order valence-corrected chi connectivity index (χ4v) is 4.15. The van der Waals surface area contributed by atoms with Crippen LogP contribution in [-0.2, 0) is 16.0 Å². The van der Waals surface area contributed by atoms with Crippen LogP contribution in [0.2, 0.25) is 5.02 Å². The summed E-state index contributed by atoms with van der Waals surface area (Å²) in [5.74, 6) is 0.243. The molecule has 1 N–H and O–H groups in total. The van der Waals surface area contributed by atoms with Crippen LogP contribution in [0.25, 0.3) is 0 Å². The molecule has 0 bridgehead atoms. The average molecular weight is 507 g/mol. The van der Waals surface area contributed by atoms with Gasteiger partial charge in [0.15, 0.2) is 5.69 Å². The van der Waals surface area contributed by atoms with Crippen molar-refractivity contribution in [1.82, 2.24) is 14.9 Å². The molecule has 1 aliphatic heterocycles. The van der Waals surface area contributed by atoms with E-state index < -0.39 is 17.7 Å². The summed E-state index contributed by atoms with van der Waals surface area (Å²) in [6.07, 6.45) is 1.27. The number of imidazole rings is 1. The van der Waals surface area contributed by atoms with E-state index in [0.717, 1.165) is 24.9 Å². The van der Waals surface area contributed by atoms with Crippen molar-refractivity contribution in [2.45, 2.75) is 79.5 Å². The molecule has 1 unspecified atom stereocenters. The van der Waals surface area contributed by atoms with Gasteiger partial charge in [-0.15, -0.1) is 0 Å². The molecular formula is C26H39ClN4O4. The number of aromatic nitrogens is 2. The lowest BCUT2D eigenvalue weighted by molar-refractivity contribution is 0.0495. The number of nitrogens with zero attached hydrogens (tertiary/aromatic N) is 3. The summed E-state index contributed by atoms with van der Waals surface area (Å²) in [5.41, 5.74) is 1.32. The summed E-state index contributed by atoms with van der Waals surface area (Å²) < 4.78 is 12.6. The Hall–Kier alpha value is -2.74. The normalized spacial score (nSPS) is 15.7. The average Bonchev–Trinajstić information content (AvgIpc) is 3.11. The molecule has 35 heavy (non-hydrogen) atoms. The van der Waals surface area contributed by atoms with Crippen LogP contribution in [0.1, 0.15) is 76.1 Å². The minimum absolute atomic E-state index is 0.0922. The van der Waals surface area contributed by atoms with E-state index in [9.17, 15) is 9.59 Å². The SMILES string of the molecule is CC.CCOC(=O)c1c(C)nc(N2CCCC(NC(=O)OC(C)(C)C)C2)n1Cc1ccccc1Cl. The number of carbonyl (C=O) groups excluding carboxylic acids is 2. The van der Waals surface area contributed by atoms with E-state index in [1.807, 2.05) is 63.5 Å². The van der Waals surface area contributed by atoms with Crippen LogP contribution in [0.4, 0.5) is 10.7 Å². The second-order valence-corrected chi connectivity index (χ2v) is 9.58. The molecule has 0 radical (unpaired) electrons. The Morgan fingerprint density at radius 2 is 1.91 bits per heavy atom. The van der Waals surface area contributed by atoms with Crippen molar-refractivity contribution >= 4 is 29.6 Å². The number of aryl methyl sites for hydroxylation is 1. The Balaban J connectivity index is 0.00000210. The van der Waals surface area contributed by atoms with Crippen molar-refractivity contribution < 1.29 is 19.1 Å². The van der Waals surface area contributed by atoms with Gasteiger partial charge in [-0.2, -0.15) is 0 Å². The van der Waals surface area contributed by atoms with Crippen LogP contribution in [-0.4, -0.2) is 53.0 Å². The summed E-state index contributed by atoms with van der Waals surface area (Å²) in [5, 5.41) is 3.58. The number of ether oxygens (including phenoxy) is 2. The van der Waals surface area contributed by atoms with Crippen LogP contribution < -0.4 is 10.2 Å². The molecule has 3 rings (SSSR count). The van der Waals surface area contributed by atoms with Gasteiger partial charge in [-0.3, -0.25) is 4.57 Å². The van der Waals surface area contributed by atoms with Crippen molar-refractivity contribution in [3.8, 4) is 0 Å². The molecule has 0 aliphatic carbocycles. The first-order valence-corrected chi connectivity index (χ1v) is 12.7. The maximum absolute atomic E-state index is 12.8. The summed E-state index contributed by atoms with van der Waals surface area (Å²) in [4.78, 5) is 31.9. The van der Waals surface area contributed by atoms with E-state index in [-0.39, 0.29) is 12.6 Å². The minimum Gasteiger partial charge on any atom is -0.461 e. The molecule has 2 aromatic rings. The van der Waals surface area contributed by atoms with Gasteiger partial charge in [-0.05, 0) is 59.1 Å². The standard InChI is InChI=1S/C24H33ClN4O4.C2H6/c1-6-32-21(30)20-16(2)26-22(29(20)14-17-10-7-8-12-19(17)25)28-13-9-11-18(15-28)27-23(31)33-24(3,4)5;1-2/h7-8,10,12,18H,6,9,11,13-15H2,1-5H3,(H,27,31);1-2H3. The first-order valence-electron chi connectivity index (χ1n) is 12.3. The molecule has 1 amide bonds. The number of hydrogen-bond acceptors (Lipinski definition) is 6. The fourth-order valence-electron chi connectivity index (χ4n) is 3.95. The zero-order valence-electron chi connectivity index (χ0n) is 22.0. The molecule has 0 saturated carbocycles. The highest BCUT2D eigenvalue weighted by Crippen LogP contribution is 2.27. The van der Waals surface area contributed by atoms with E-state index in [2.05, 4.69) is 10.2 Å². The quantitative estimate of drug-likeness (QED) is 0.514. The first kappa shape index (κ1) is 28.5. The number of alkyl carbamates (subject to hydrolysis) is 1. The Morgan fingerprint density at radius 3 is 2.54 bits per heavy atom. The Kier molecular flexibility index (Phi) is 10.4. The maximum atomic E-state index is 12.8. The molecule has 9 heteroatoms. The van der Waals surface area contributed by atoms with Gasteiger partial charge in [-0.1, -0.05) is 43.6 Å². The molecule has 2 heterocycles. The summed E-state index contributed by atoms with van der Waals surface area (Å²) in [6.45, 7) is 15.1. The highest BCUT2D eigenvalue weighted by Gasteiger charge is 2.30. The first-order chi connectivity index (χ1) is 16.6. The molecule has 0 spiro atoms. The number of carbonyl (C=O) groups is 2. The van der Waals surface area contributed by atoms with Crippen LogP contribution in [0, 0.1) is 6.92 Å². The number of rotatable bonds is 6. The molecule has 1 fully saturated rings. The fraction of sp³-hybridized carbons (Fsp3) is 0.577. The monoisotopic (exact) mass is 506 g/mol. The third-order valence-electron chi connectivity index (χ3n) is 5.30. The van der Waals surface area contributed by atoms with Crippen molar-refractivity contribution in [2.24, 2.45) is 0 Å². The predicted molar refractivity (Wildman–Crippen MR) is 139 cm³/mol. The van der Waals surface area contributed by atoms with Gasteiger partial charge >= 0.3 is 12.1 Å². The second-order valence-electron chi connectivity index (χ2n) is 9.18. The van der Waals surface area contributed by atoms with Gasteiger partial charge in [0.1, 0.15) is 5.60 Å². The number of benzene rings is 1. The maximum Gasteiger partial charge on any atom is 0.407 e. The van der Waals surface area contributed by atoms with Gasteiger partial charge in [0, 0.05) is 24.2 Å². The Morgan fingerprint density at radius 1 is 1.23 bits per heavy atom.